The lowest BCUT2D eigenvalue weighted by Crippen LogP contribution is -2.39. The van der Waals surface area contributed by atoms with Gasteiger partial charge in [0, 0.05) is 17.5 Å². The molecule has 19 heavy (non-hydrogen) atoms. The average molecular weight is 305 g/mol. The van der Waals surface area contributed by atoms with Gasteiger partial charge in [0.15, 0.2) is 0 Å². The van der Waals surface area contributed by atoms with Gasteiger partial charge < -0.3 is 10.2 Å². The summed E-state index contributed by atoms with van der Waals surface area (Å²) in [4.78, 5) is 3.04. The van der Waals surface area contributed by atoms with Gasteiger partial charge in [0.1, 0.15) is 4.21 Å². The first-order chi connectivity index (χ1) is 8.85. The fourth-order valence-electron chi connectivity index (χ4n) is 1.79. The summed E-state index contributed by atoms with van der Waals surface area (Å²) in [6.45, 7) is 3.40. The van der Waals surface area contributed by atoms with Crippen LogP contribution in [0.4, 0.5) is 0 Å². The minimum atomic E-state index is -3.39. The van der Waals surface area contributed by atoms with E-state index in [1.54, 1.807) is 6.07 Å². The summed E-state index contributed by atoms with van der Waals surface area (Å²) in [6.07, 6.45) is 0.851. The Kier molecular flexibility index (Phi) is 6.41. The molecule has 5 nitrogen and oxygen atoms in total. The molecular formula is C12H23N3O2S2. The molecule has 2 N–H and O–H groups in total. The molecule has 0 bridgehead atoms. The van der Waals surface area contributed by atoms with Gasteiger partial charge in [-0.15, -0.1) is 11.3 Å². The van der Waals surface area contributed by atoms with E-state index >= 15 is 0 Å². The summed E-state index contributed by atoms with van der Waals surface area (Å²) < 4.78 is 27.4. The van der Waals surface area contributed by atoms with Crippen LogP contribution in [0.25, 0.3) is 0 Å². The second kappa shape index (κ2) is 7.35. The van der Waals surface area contributed by atoms with Crippen LogP contribution in [0.15, 0.2) is 16.3 Å². The quantitative estimate of drug-likeness (QED) is 0.744. The van der Waals surface area contributed by atoms with E-state index in [4.69, 9.17) is 0 Å². The van der Waals surface area contributed by atoms with Crippen LogP contribution >= 0.6 is 11.3 Å². The monoisotopic (exact) mass is 305 g/mol. The lowest BCUT2D eigenvalue weighted by atomic mass is 10.3. The van der Waals surface area contributed by atoms with Crippen molar-refractivity contribution in [1.82, 2.24) is 14.9 Å². The largest absolute Gasteiger partial charge is 0.319 e. The van der Waals surface area contributed by atoms with Crippen molar-refractivity contribution in [1.29, 1.82) is 0 Å². The number of thiophene rings is 1. The van der Waals surface area contributed by atoms with E-state index in [0.29, 0.717) is 10.8 Å². The second-order valence-corrected chi connectivity index (χ2v) is 7.97. The topological polar surface area (TPSA) is 61.4 Å². The average Bonchev–Trinajstić information content (AvgIpc) is 2.73. The highest BCUT2D eigenvalue weighted by Crippen LogP contribution is 2.22. The molecule has 1 heterocycles. The molecule has 0 aromatic carbocycles. The number of hydrogen-bond acceptors (Lipinski definition) is 5. The van der Waals surface area contributed by atoms with Crippen molar-refractivity contribution >= 4 is 21.4 Å². The predicted molar refractivity (Wildman–Crippen MR) is 80.3 cm³/mol. The molecule has 0 fully saturated rings. The van der Waals surface area contributed by atoms with Crippen LogP contribution in [0.2, 0.25) is 0 Å². The number of nitrogens with zero attached hydrogens (tertiary/aromatic N) is 1. The molecule has 1 aromatic rings. The summed E-state index contributed by atoms with van der Waals surface area (Å²) in [5, 5.41) is 3.05. The Labute approximate surface area is 120 Å². The van der Waals surface area contributed by atoms with Crippen LogP contribution in [0.1, 0.15) is 11.8 Å². The first kappa shape index (κ1) is 16.6. The van der Waals surface area contributed by atoms with Crippen molar-refractivity contribution in [2.45, 2.75) is 23.6 Å². The zero-order chi connectivity index (χ0) is 14.5. The fraction of sp³-hybridized carbons (Fsp3) is 0.667. The third-order valence-corrected chi connectivity index (χ3v) is 5.74. The van der Waals surface area contributed by atoms with Gasteiger partial charge in [0.25, 0.3) is 0 Å². The molecule has 110 valence electrons. The Morgan fingerprint density at radius 1 is 1.37 bits per heavy atom. The molecule has 0 aliphatic rings. The summed E-state index contributed by atoms with van der Waals surface area (Å²) >= 11 is 1.34. The zero-order valence-corrected chi connectivity index (χ0v) is 13.6. The third kappa shape index (κ3) is 5.58. The molecule has 0 radical (unpaired) electrons. The van der Waals surface area contributed by atoms with Gasteiger partial charge >= 0.3 is 0 Å². The fourth-order valence-corrected chi connectivity index (χ4v) is 4.40. The van der Waals surface area contributed by atoms with E-state index in [0.717, 1.165) is 17.8 Å². The van der Waals surface area contributed by atoms with E-state index in [9.17, 15) is 8.42 Å². The molecule has 1 unspecified atom stereocenters. The van der Waals surface area contributed by atoms with E-state index in [2.05, 4.69) is 10.0 Å². The predicted octanol–water partition coefficient (Wildman–Crippen LogP) is 0.738. The molecule has 1 rings (SSSR count). The Morgan fingerprint density at radius 3 is 2.63 bits per heavy atom. The van der Waals surface area contributed by atoms with Gasteiger partial charge in [-0.3, -0.25) is 0 Å². The SMILES string of the molecule is CNCCc1ccc(S(=O)(=O)NC(C)CN(C)C)s1. The number of nitrogens with one attached hydrogen (secondary N) is 2. The first-order valence-electron chi connectivity index (χ1n) is 6.25. The maximum absolute atomic E-state index is 12.2. The smallest absolute Gasteiger partial charge is 0.250 e. The lowest BCUT2D eigenvalue weighted by Gasteiger charge is -2.17. The minimum Gasteiger partial charge on any atom is -0.319 e. The lowest BCUT2D eigenvalue weighted by molar-refractivity contribution is 0.370. The van der Waals surface area contributed by atoms with Crippen LogP contribution in [0, 0.1) is 0 Å². The summed E-state index contributed by atoms with van der Waals surface area (Å²) in [7, 11) is 2.34. The molecule has 0 saturated heterocycles. The maximum Gasteiger partial charge on any atom is 0.250 e. The van der Waals surface area contributed by atoms with E-state index in [1.807, 2.05) is 39.0 Å². The summed E-state index contributed by atoms with van der Waals surface area (Å²) in [5.41, 5.74) is 0. The normalized spacial score (nSPS) is 13.9. The molecule has 0 aliphatic carbocycles. The van der Waals surface area contributed by atoms with Crippen LogP contribution in [-0.4, -0.2) is 53.6 Å². The highest BCUT2D eigenvalue weighted by atomic mass is 32.2. The number of rotatable bonds is 8. The van der Waals surface area contributed by atoms with Gasteiger partial charge in [-0.2, -0.15) is 0 Å². The molecule has 1 atom stereocenters. The molecule has 1 aromatic heterocycles. The molecular weight excluding hydrogens is 282 g/mol. The molecule has 0 saturated carbocycles. The van der Waals surface area contributed by atoms with Crippen LogP contribution in [0.3, 0.4) is 0 Å². The van der Waals surface area contributed by atoms with Crippen molar-refractivity contribution in [2.24, 2.45) is 0 Å². The van der Waals surface area contributed by atoms with E-state index < -0.39 is 10.0 Å². The van der Waals surface area contributed by atoms with Crippen molar-refractivity contribution in [2.75, 3.05) is 34.2 Å². The molecule has 0 aliphatic heterocycles. The van der Waals surface area contributed by atoms with Gasteiger partial charge in [-0.05, 0) is 53.2 Å². The first-order valence-corrected chi connectivity index (χ1v) is 8.55. The number of hydrogen-bond donors (Lipinski definition) is 2. The van der Waals surface area contributed by atoms with Gasteiger partial charge in [0.05, 0.1) is 0 Å². The molecule has 0 spiro atoms. The summed E-state index contributed by atoms with van der Waals surface area (Å²) in [5.74, 6) is 0. The Hall–Kier alpha value is -0.470. The second-order valence-electron chi connectivity index (χ2n) is 4.86. The summed E-state index contributed by atoms with van der Waals surface area (Å²) in [6, 6.07) is 3.45. The minimum absolute atomic E-state index is 0.108. The maximum atomic E-state index is 12.2. The Morgan fingerprint density at radius 2 is 2.05 bits per heavy atom. The Bertz CT molecular complexity index is 483. The number of sulfonamides is 1. The Balaban J connectivity index is 2.69. The van der Waals surface area contributed by atoms with Crippen molar-refractivity contribution in [3.63, 3.8) is 0 Å². The number of likely N-dealkylation sites (N-methyl/N-ethyl adjacent to an activating group) is 2. The van der Waals surface area contributed by atoms with Crippen molar-refractivity contribution in [3.05, 3.63) is 17.0 Å². The standard InChI is InChI=1S/C12H23N3O2S2/c1-10(9-15(3)4)14-19(16,17)12-6-5-11(18-12)7-8-13-2/h5-6,10,13-14H,7-9H2,1-4H3. The van der Waals surface area contributed by atoms with E-state index in [-0.39, 0.29) is 6.04 Å². The zero-order valence-electron chi connectivity index (χ0n) is 11.9. The highest BCUT2D eigenvalue weighted by molar-refractivity contribution is 7.91. The van der Waals surface area contributed by atoms with Crippen LogP contribution < -0.4 is 10.0 Å². The van der Waals surface area contributed by atoms with Crippen LogP contribution in [0.5, 0.6) is 0 Å². The van der Waals surface area contributed by atoms with E-state index in [1.165, 1.54) is 11.3 Å². The highest BCUT2D eigenvalue weighted by Gasteiger charge is 2.19. The van der Waals surface area contributed by atoms with Crippen molar-refractivity contribution in [3.8, 4) is 0 Å². The van der Waals surface area contributed by atoms with Crippen molar-refractivity contribution < 1.29 is 8.42 Å². The molecule has 0 amide bonds. The third-order valence-electron chi connectivity index (χ3n) is 2.52. The van der Waals surface area contributed by atoms with Gasteiger partial charge in [-0.1, -0.05) is 0 Å². The molecule has 7 heteroatoms. The van der Waals surface area contributed by atoms with Crippen LogP contribution in [-0.2, 0) is 16.4 Å². The van der Waals surface area contributed by atoms with Gasteiger partial charge in [-0.25, -0.2) is 13.1 Å². The van der Waals surface area contributed by atoms with Gasteiger partial charge in [0.2, 0.25) is 10.0 Å².